The van der Waals surface area contributed by atoms with E-state index in [4.69, 9.17) is 0 Å². The van der Waals surface area contributed by atoms with Crippen LogP contribution >= 0.6 is 11.6 Å². The molecule has 0 aromatic rings. The fourth-order valence-corrected chi connectivity index (χ4v) is 0.619. The molecule has 10 heavy (non-hydrogen) atoms. The van der Waals surface area contributed by atoms with E-state index in [-0.39, 0.29) is 0 Å². The van der Waals surface area contributed by atoms with Crippen molar-refractivity contribution in [3.8, 4) is 0 Å². The molecule has 1 aliphatic heterocycles. The Morgan fingerprint density at radius 3 is 2.40 bits per heavy atom. The van der Waals surface area contributed by atoms with Gasteiger partial charge in [-0.05, 0) is 24.6 Å². The second-order valence-corrected chi connectivity index (χ2v) is 2.34. The van der Waals surface area contributed by atoms with Gasteiger partial charge < -0.3 is 0 Å². The number of allylic oxidation sites excluding steroid dienone is 2. The van der Waals surface area contributed by atoms with Crippen LogP contribution in [0.15, 0.2) is 16.9 Å². The summed E-state index contributed by atoms with van der Waals surface area (Å²) in [6.07, 6.45) is 1.15. The van der Waals surface area contributed by atoms with Gasteiger partial charge in [-0.15, -0.1) is 5.43 Å². The maximum absolute atomic E-state index is 12.1. The van der Waals surface area contributed by atoms with Crippen LogP contribution in [0.25, 0.3) is 0 Å². The molecule has 0 saturated carbocycles. The SMILES string of the molecule is CC1=N[N]C(C(F)(F)Cl)=C1. The zero-order chi connectivity index (χ0) is 7.78. The molecule has 0 bridgehead atoms. The van der Waals surface area contributed by atoms with E-state index >= 15 is 0 Å². The van der Waals surface area contributed by atoms with Crippen molar-refractivity contribution in [2.75, 3.05) is 0 Å². The highest BCUT2D eigenvalue weighted by molar-refractivity contribution is 6.24. The fourth-order valence-electron chi connectivity index (χ4n) is 0.527. The van der Waals surface area contributed by atoms with E-state index in [1.54, 1.807) is 6.92 Å². The van der Waals surface area contributed by atoms with E-state index in [9.17, 15) is 8.78 Å². The van der Waals surface area contributed by atoms with Crippen LogP contribution in [0.2, 0.25) is 0 Å². The van der Waals surface area contributed by atoms with Gasteiger partial charge in [-0.2, -0.15) is 13.9 Å². The Bertz CT molecular complexity index is 204. The smallest absolute Gasteiger partial charge is 0.181 e. The van der Waals surface area contributed by atoms with Gasteiger partial charge in [0, 0.05) is 0 Å². The predicted molar refractivity (Wildman–Crippen MR) is 34.1 cm³/mol. The minimum absolute atomic E-state index is 0.440. The molecule has 1 heterocycles. The third-order valence-electron chi connectivity index (χ3n) is 0.952. The zero-order valence-corrected chi connectivity index (χ0v) is 5.86. The van der Waals surface area contributed by atoms with E-state index in [1.165, 1.54) is 0 Å². The van der Waals surface area contributed by atoms with E-state index in [0.29, 0.717) is 5.71 Å². The first-order valence-electron chi connectivity index (χ1n) is 2.54. The van der Waals surface area contributed by atoms with Crippen molar-refractivity contribution in [3.63, 3.8) is 0 Å². The Balaban J connectivity index is 2.73. The minimum atomic E-state index is -3.39. The molecular formula is C5H4ClF2N2. The molecule has 1 radical (unpaired) electrons. The minimum Gasteiger partial charge on any atom is -0.181 e. The van der Waals surface area contributed by atoms with Crippen molar-refractivity contribution in [3.05, 3.63) is 11.8 Å². The lowest BCUT2D eigenvalue weighted by Gasteiger charge is -2.04. The van der Waals surface area contributed by atoms with Gasteiger partial charge in [-0.1, -0.05) is 0 Å². The Kier molecular flexibility index (Phi) is 1.64. The molecule has 0 atom stereocenters. The lowest BCUT2D eigenvalue weighted by atomic mass is 10.3. The lowest BCUT2D eigenvalue weighted by molar-refractivity contribution is 0.130. The fraction of sp³-hybridized carbons (Fsp3) is 0.400. The van der Waals surface area contributed by atoms with Crippen molar-refractivity contribution in [1.82, 2.24) is 5.43 Å². The second kappa shape index (κ2) is 2.20. The maximum atomic E-state index is 12.1. The number of hydrogen-bond acceptors (Lipinski definition) is 1. The van der Waals surface area contributed by atoms with Crippen LogP contribution in [0.3, 0.4) is 0 Å². The number of halogens is 3. The maximum Gasteiger partial charge on any atom is 0.366 e. The number of alkyl halides is 3. The van der Waals surface area contributed by atoms with Crippen LogP contribution in [0.1, 0.15) is 6.92 Å². The van der Waals surface area contributed by atoms with Crippen molar-refractivity contribution in [2.45, 2.75) is 12.3 Å². The van der Waals surface area contributed by atoms with Crippen LogP contribution in [0.5, 0.6) is 0 Å². The van der Waals surface area contributed by atoms with Crippen LogP contribution in [-0.4, -0.2) is 11.1 Å². The summed E-state index contributed by atoms with van der Waals surface area (Å²) >= 11 is 4.64. The van der Waals surface area contributed by atoms with Gasteiger partial charge in [0.2, 0.25) is 0 Å². The molecule has 0 aromatic carbocycles. The Morgan fingerprint density at radius 2 is 2.20 bits per heavy atom. The molecule has 0 N–H and O–H groups in total. The first-order chi connectivity index (χ1) is 4.50. The van der Waals surface area contributed by atoms with Crippen molar-refractivity contribution in [1.29, 1.82) is 0 Å². The second-order valence-electron chi connectivity index (χ2n) is 1.87. The van der Waals surface area contributed by atoms with E-state index < -0.39 is 11.1 Å². The Morgan fingerprint density at radius 1 is 1.60 bits per heavy atom. The monoisotopic (exact) mass is 165 g/mol. The summed E-state index contributed by atoms with van der Waals surface area (Å²) < 4.78 is 24.3. The topological polar surface area (TPSA) is 26.5 Å². The van der Waals surface area contributed by atoms with Crippen LogP contribution in [0.4, 0.5) is 8.78 Å². The standard InChI is InChI=1S/C5H4ClF2N2/c1-3-2-4(10-9-3)5(6,7)8/h2H,1H3. The molecule has 0 fully saturated rings. The third kappa shape index (κ3) is 1.44. The van der Waals surface area contributed by atoms with E-state index in [0.717, 1.165) is 6.08 Å². The number of rotatable bonds is 1. The average Bonchev–Trinajstić information content (AvgIpc) is 2.11. The summed E-state index contributed by atoms with van der Waals surface area (Å²) in [6.45, 7) is 1.57. The lowest BCUT2D eigenvalue weighted by Crippen LogP contribution is -2.14. The Hall–Kier alpha value is -0.640. The van der Waals surface area contributed by atoms with Crippen molar-refractivity contribution >= 4 is 17.3 Å². The highest BCUT2D eigenvalue weighted by Gasteiger charge is 2.34. The average molecular weight is 166 g/mol. The molecule has 5 heteroatoms. The number of hydrogen-bond donors (Lipinski definition) is 0. The highest BCUT2D eigenvalue weighted by Crippen LogP contribution is 2.29. The molecule has 1 rings (SSSR count). The highest BCUT2D eigenvalue weighted by atomic mass is 35.5. The van der Waals surface area contributed by atoms with Crippen LogP contribution in [0, 0.1) is 0 Å². The summed E-state index contributed by atoms with van der Waals surface area (Å²) in [5.74, 6) is 0. The van der Waals surface area contributed by atoms with Crippen molar-refractivity contribution < 1.29 is 8.78 Å². The van der Waals surface area contributed by atoms with Gasteiger partial charge in [0.05, 0.1) is 5.71 Å². The quantitative estimate of drug-likeness (QED) is 0.529. The molecule has 0 saturated heterocycles. The molecule has 0 unspecified atom stereocenters. The molecular weight excluding hydrogens is 162 g/mol. The zero-order valence-electron chi connectivity index (χ0n) is 5.11. The first kappa shape index (κ1) is 7.47. The Labute approximate surface area is 61.6 Å². The van der Waals surface area contributed by atoms with Crippen LogP contribution < -0.4 is 5.43 Å². The molecule has 55 valence electrons. The first-order valence-corrected chi connectivity index (χ1v) is 2.92. The summed E-state index contributed by atoms with van der Waals surface area (Å²) in [6, 6.07) is 0. The van der Waals surface area contributed by atoms with Gasteiger partial charge in [-0.3, -0.25) is 0 Å². The molecule has 1 aliphatic rings. The largest absolute Gasteiger partial charge is 0.366 e. The summed E-state index contributed by atoms with van der Waals surface area (Å²) in [7, 11) is 0. The predicted octanol–water partition coefficient (Wildman–Crippen LogP) is 1.70. The van der Waals surface area contributed by atoms with E-state index in [1.807, 2.05) is 0 Å². The molecule has 2 nitrogen and oxygen atoms in total. The molecule has 0 aromatic heterocycles. The summed E-state index contributed by atoms with van der Waals surface area (Å²) in [4.78, 5) is 0. The third-order valence-corrected chi connectivity index (χ3v) is 1.15. The number of nitrogens with zero attached hydrogens (tertiary/aromatic N) is 2. The summed E-state index contributed by atoms with van der Waals surface area (Å²) in [5.41, 5.74) is 3.10. The normalized spacial score (nSPS) is 18.0. The van der Waals surface area contributed by atoms with Crippen LogP contribution in [-0.2, 0) is 0 Å². The van der Waals surface area contributed by atoms with Gasteiger partial charge in [0.1, 0.15) is 5.70 Å². The molecule has 0 amide bonds. The van der Waals surface area contributed by atoms with Gasteiger partial charge in [0.15, 0.2) is 0 Å². The van der Waals surface area contributed by atoms with Crippen molar-refractivity contribution in [2.24, 2.45) is 5.10 Å². The van der Waals surface area contributed by atoms with E-state index in [2.05, 4.69) is 22.1 Å². The molecule has 0 spiro atoms. The van der Waals surface area contributed by atoms with Gasteiger partial charge in [-0.25, -0.2) is 0 Å². The molecule has 0 aliphatic carbocycles. The van der Waals surface area contributed by atoms with Gasteiger partial charge in [0.25, 0.3) is 0 Å². The van der Waals surface area contributed by atoms with Gasteiger partial charge >= 0.3 is 5.38 Å². The summed E-state index contributed by atoms with van der Waals surface area (Å²) in [5, 5.41) is -0.0190.